The smallest absolute Gasteiger partial charge is 0.349 e. The van der Waals surface area contributed by atoms with Gasteiger partial charge in [0.05, 0.1) is 12.0 Å². The number of thiophene rings is 2. The van der Waals surface area contributed by atoms with E-state index in [4.69, 9.17) is 4.74 Å². The molecule has 2 N–H and O–H groups in total. The fourth-order valence-electron chi connectivity index (χ4n) is 4.46. The summed E-state index contributed by atoms with van der Waals surface area (Å²) in [4.78, 5) is 42.5. The van der Waals surface area contributed by atoms with E-state index in [9.17, 15) is 22.8 Å². The van der Waals surface area contributed by atoms with E-state index in [-0.39, 0.29) is 34.4 Å². The molecule has 35 heavy (non-hydrogen) atoms. The number of carbonyl (C=O) groups excluding carboxylic acids is 3. The molecule has 2 amide bonds. The molecule has 13 heteroatoms. The lowest BCUT2D eigenvalue weighted by atomic mass is 9.88. The van der Waals surface area contributed by atoms with Crippen LogP contribution < -0.4 is 10.0 Å². The van der Waals surface area contributed by atoms with E-state index in [1.165, 1.54) is 29.9 Å². The molecule has 0 atom stereocenters. The number of hydrogen-bond donors (Lipinski definition) is 2. The third-order valence-corrected chi connectivity index (χ3v) is 9.75. The van der Waals surface area contributed by atoms with Gasteiger partial charge < -0.3 is 19.9 Å². The largest absolute Gasteiger partial charge is 0.465 e. The van der Waals surface area contributed by atoms with Gasteiger partial charge in [0, 0.05) is 26.2 Å². The van der Waals surface area contributed by atoms with E-state index in [0.29, 0.717) is 50.6 Å². The number of nitrogens with zero attached hydrogens (tertiary/aromatic N) is 2. The lowest BCUT2D eigenvalue weighted by Gasteiger charge is -2.40. The predicted octanol–water partition coefficient (Wildman–Crippen LogP) is 1.37. The van der Waals surface area contributed by atoms with Gasteiger partial charge in [-0.15, -0.1) is 22.7 Å². The molecule has 4 heterocycles. The van der Waals surface area contributed by atoms with Gasteiger partial charge in [0.25, 0.3) is 5.91 Å². The first kappa shape index (κ1) is 25.8. The highest BCUT2D eigenvalue weighted by Gasteiger charge is 2.46. The van der Waals surface area contributed by atoms with Crippen LogP contribution in [0.4, 0.5) is 0 Å². The van der Waals surface area contributed by atoms with Crippen LogP contribution in [-0.2, 0) is 19.6 Å². The fourth-order valence-corrected chi connectivity index (χ4v) is 7.90. The number of sulfonamides is 1. The molecule has 0 radical (unpaired) electrons. The first-order valence-electron chi connectivity index (χ1n) is 11.3. The highest BCUT2D eigenvalue weighted by Crippen LogP contribution is 2.29. The summed E-state index contributed by atoms with van der Waals surface area (Å²) in [5.41, 5.74) is -1.34. The van der Waals surface area contributed by atoms with Crippen LogP contribution in [0.15, 0.2) is 33.9 Å². The maximum absolute atomic E-state index is 13.8. The van der Waals surface area contributed by atoms with E-state index in [1.54, 1.807) is 15.9 Å². The van der Waals surface area contributed by atoms with Gasteiger partial charge in [-0.25, -0.2) is 13.2 Å². The Hall–Kier alpha value is -2.32. The molecule has 2 aromatic rings. The standard InChI is InChI=1S/C22H28N4O6S3/c1-32-20(28)18-17(5-15-34-18)35(30,31)24-22(6-8-23-9-7-22)21(29)26-11-3-10-25(12-13-26)19(27)16-4-2-14-33-16/h2,4-5,14-15,23-24H,3,6-13H2,1H3. The zero-order chi connectivity index (χ0) is 25.1. The van der Waals surface area contributed by atoms with Crippen molar-refractivity contribution in [1.29, 1.82) is 0 Å². The van der Waals surface area contributed by atoms with E-state index >= 15 is 0 Å². The molecule has 10 nitrogen and oxygen atoms in total. The molecule has 0 saturated carbocycles. The topological polar surface area (TPSA) is 125 Å². The Bertz CT molecular complexity index is 1170. The molecule has 0 aromatic carbocycles. The number of ether oxygens (including phenoxy) is 1. The molecular formula is C22H28N4O6S3. The third-order valence-electron chi connectivity index (χ3n) is 6.29. The molecule has 2 fully saturated rings. The molecule has 2 saturated heterocycles. The molecule has 0 aliphatic carbocycles. The van der Waals surface area contributed by atoms with E-state index < -0.39 is 21.5 Å². The number of esters is 1. The minimum absolute atomic E-state index is 0.0333. The summed E-state index contributed by atoms with van der Waals surface area (Å²) in [6.07, 6.45) is 1.15. The van der Waals surface area contributed by atoms with Crippen LogP contribution in [0.1, 0.15) is 38.6 Å². The summed E-state index contributed by atoms with van der Waals surface area (Å²) in [5.74, 6) is -1.10. The van der Waals surface area contributed by atoms with Crippen LogP contribution >= 0.6 is 22.7 Å². The lowest BCUT2D eigenvalue weighted by molar-refractivity contribution is -0.138. The number of amides is 2. The van der Waals surface area contributed by atoms with Gasteiger partial charge >= 0.3 is 5.97 Å². The molecule has 4 rings (SSSR count). The average molecular weight is 541 g/mol. The fraction of sp³-hybridized carbons (Fsp3) is 0.500. The van der Waals surface area contributed by atoms with Crippen LogP contribution in [-0.4, -0.2) is 87.9 Å². The van der Waals surface area contributed by atoms with Gasteiger partial charge in [0.2, 0.25) is 15.9 Å². The predicted molar refractivity (Wildman–Crippen MR) is 132 cm³/mol. The number of nitrogens with one attached hydrogen (secondary N) is 2. The van der Waals surface area contributed by atoms with Crippen molar-refractivity contribution in [2.45, 2.75) is 29.7 Å². The second kappa shape index (κ2) is 10.7. The van der Waals surface area contributed by atoms with Crippen LogP contribution in [0.25, 0.3) is 0 Å². The molecule has 0 unspecified atom stereocenters. The Morgan fingerprint density at radius 1 is 1.03 bits per heavy atom. The average Bonchev–Trinajstić information content (AvgIpc) is 3.52. The number of piperidine rings is 1. The van der Waals surface area contributed by atoms with Gasteiger partial charge in [-0.2, -0.15) is 4.72 Å². The van der Waals surface area contributed by atoms with E-state index in [1.807, 2.05) is 11.4 Å². The molecular weight excluding hydrogens is 512 g/mol. The zero-order valence-corrected chi connectivity index (χ0v) is 21.8. The second-order valence-electron chi connectivity index (χ2n) is 8.46. The van der Waals surface area contributed by atoms with Crippen LogP contribution in [0, 0.1) is 0 Å². The highest BCUT2D eigenvalue weighted by atomic mass is 32.2. The summed E-state index contributed by atoms with van der Waals surface area (Å²) in [7, 11) is -3.00. The molecule has 2 aromatic heterocycles. The van der Waals surface area contributed by atoms with Gasteiger partial charge in [0.1, 0.15) is 15.3 Å². The molecule has 190 valence electrons. The molecule has 2 aliphatic heterocycles. The van der Waals surface area contributed by atoms with Gasteiger partial charge in [-0.05, 0) is 55.2 Å². The van der Waals surface area contributed by atoms with E-state index in [0.717, 1.165) is 11.3 Å². The molecule has 0 bridgehead atoms. The number of carbonyl (C=O) groups is 3. The Kier molecular flexibility index (Phi) is 7.91. The van der Waals surface area contributed by atoms with Crippen molar-refractivity contribution >= 4 is 50.5 Å². The van der Waals surface area contributed by atoms with Crippen molar-refractivity contribution in [1.82, 2.24) is 19.8 Å². The Morgan fingerprint density at radius 3 is 2.43 bits per heavy atom. The Morgan fingerprint density at radius 2 is 1.74 bits per heavy atom. The first-order chi connectivity index (χ1) is 16.8. The van der Waals surface area contributed by atoms with Crippen molar-refractivity contribution in [3.05, 3.63) is 38.7 Å². The summed E-state index contributed by atoms with van der Waals surface area (Å²) in [6.45, 7) is 2.59. The summed E-state index contributed by atoms with van der Waals surface area (Å²) >= 11 is 2.36. The zero-order valence-electron chi connectivity index (χ0n) is 19.3. The van der Waals surface area contributed by atoms with Gasteiger partial charge in [-0.1, -0.05) is 6.07 Å². The van der Waals surface area contributed by atoms with Crippen molar-refractivity contribution in [3.63, 3.8) is 0 Å². The minimum atomic E-state index is -4.19. The van der Waals surface area contributed by atoms with Gasteiger partial charge in [0.15, 0.2) is 0 Å². The van der Waals surface area contributed by atoms with Crippen molar-refractivity contribution < 1.29 is 27.5 Å². The Labute approximate surface area is 212 Å². The summed E-state index contributed by atoms with van der Waals surface area (Å²) in [5, 5.41) is 6.54. The quantitative estimate of drug-likeness (QED) is 0.530. The number of methoxy groups -OCH3 is 1. The molecule has 0 spiro atoms. The lowest BCUT2D eigenvalue weighted by Crippen LogP contribution is -2.63. The maximum Gasteiger partial charge on any atom is 0.349 e. The third kappa shape index (κ3) is 5.43. The van der Waals surface area contributed by atoms with Crippen LogP contribution in [0.5, 0.6) is 0 Å². The van der Waals surface area contributed by atoms with Gasteiger partial charge in [-0.3, -0.25) is 9.59 Å². The highest BCUT2D eigenvalue weighted by molar-refractivity contribution is 7.89. The summed E-state index contributed by atoms with van der Waals surface area (Å²) in [6, 6.07) is 4.96. The van der Waals surface area contributed by atoms with E-state index in [2.05, 4.69) is 10.0 Å². The normalized spacial score (nSPS) is 18.7. The first-order valence-corrected chi connectivity index (χ1v) is 14.5. The number of hydrogen-bond acceptors (Lipinski definition) is 9. The number of rotatable bonds is 6. The second-order valence-corrected chi connectivity index (χ2v) is 12.0. The molecule has 2 aliphatic rings. The van der Waals surface area contributed by atoms with Crippen molar-refractivity contribution in [3.8, 4) is 0 Å². The van der Waals surface area contributed by atoms with Crippen molar-refractivity contribution in [2.75, 3.05) is 46.4 Å². The monoisotopic (exact) mass is 540 g/mol. The Balaban J connectivity index is 1.54. The maximum atomic E-state index is 13.8. The van der Waals surface area contributed by atoms with Crippen LogP contribution in [0.3, 0.4) is 0 Å². The minimum Gasteiger partial charge on any atom is -0.465 e. The van der Waals surface area contributed by atoms with Crippen molar-refractivity contribution in [2.24, 2.45) is 0 Å². The van der Waals surface area contributed by atoms with Crippen LogP contribution in [0.2, 0.25) is 0 Å². The summed E-state index contributed by atoms with van der Waals surface area (Å²) < 4.78 is 34.1. The SMILES string of the molecule is COC(=O)c1sccc1S(=O)(=O)NC1(C(=O)N2CCCN(C(=O)c3cccs3)CC2)CCNCC1.